The zero-order valence-electron chi connectivity index (χ0n) is 9.69. The Morgan fingerprint density at radius 3 is 2.65 bits per heavy atom. The molecule has 0 aliphatic rings. The van der Waals surface area contributed by atoms with E-state index < -0.39 is 0 Å². The van der Waals surface area contributed by atoms with Gasteiger partial charge in [-0.25, -0.2) is 0 Å². The highest BCUT2D eigenvalue weighted by Crippen LogP contribution is 2.28. The normalized spacial score (nSPS) is 10.2. The Kier molecular flexibility index (Phi) is 3.99. The van der Waals surface area contributed by atoms with Crippen molar-refractivity contribution in [3.8, 4) is 11.5 Å². The predicted octanol–water partition coefficient (Wildman–Crippen LogP) is 4.18. The number of aryl methyl sites for hydroxylation is 1. The van der Waals surface area contributed by atoms with Gasteiger partial charge in [0.1, 0.15) is 11.5 Å². The zero-order valence-corrected chi connectivity index (χ0v) is 10.4. The van der Waals surface area contributed by atoms with Crippen molar-refractivity contribution in [3.63, 3.8) is 0 Å². The third-order valence-electron chi connectivity index (χ3n) is 2.58. The van der Waals surface area contributed by atoms with Gasteiger partial charge in [0.25, 0.3) is 0 Å². The maximum absolute atomic E-state index is 5.90. The Balaban J connectivity index is 2.31. The van der Waals surface area contributed by atoms with Crippen LogP contribution in [0.4, 0.5) is 0 Å². The van der Waals surface area contributed by atoms with Gasteiger partial charge < -0.3 is 4.74 Å². The molecule has 2 aromatic rings. The molecule has 0 fully saturated rings. The van der Waals surface area contributed by atoms with Crippen molar-refractivity contribution >= 4 is 11.6 Å². The summed E-state index contributed by atoms with van der Waals surface area (Å²) in [6.45, 7) is 2.11. The second kappa shape index (κ2) is 5.69. The molecule has 0 N–H and O–H groups in total. The smallest absolute Gasteiger partial charge is 0.134 e. The monoisotopic (exact) mass is 247 g/mol. The summed E-state index contributed by atoms with van der Waals surface area (Å²) in [5.74, 6) is 2.06. The molecule has 3 heteroatoms. The molecule has 0 bridgehead atoms. The number of alkyl halides is 1. The summed E-state index contributed by atoms with van der Waals surface area (Å²) in [5, 5.41) is 0. The number of pyridine rings is 1. The number of nitrogens with zero attached hydrogens (tertiary/aromatic N) is 1. The van der Waals surface area contributed by atoms with Crippen LogP contribution >= 0.6 is 11.6 Å². The number of benzene rings is 1. The van der Waals surface area contributed by atoms with Gasteiger partial charge in [0.2, 0.25) is 0 Å². The minimum atomic E-state index is 0.400. The molecule has 0 aliphatic heterocycles. The third-order valence-corrected chi connectivity index (χ3v) is 2.86. The molecule has 17 heavy (non-hydrogen) atoms. The van der Waals surface area contributed by atoms with E-state index in [2.05, 4.69) is 18.0 Å². The molecule has 0 saturated heterocycles. The third kappa shape index (κ3) is 2.77. The summed E-state index contributed by atoms with van der Waals surface area (Å²) < 4.78 is 5.90. The maximum atomic E-state index is 5.90. The number of aromatic nitrogens is 1. The van der Waals surface area contributed by atoms with Crippen LogP contribution in [0.2, 0.25) is 0 Å². The summed E-state index contributed by atoms with van der Waals surface area (Å²) >= 11 is 5.85. The average Bonchev–Trinajstić information content (AvgIpc) is 2.40. The van der Waals surface area contributed by atoms with E-state index in [1.807, 2.05) is 24.3 Å². The van der Waals surface area contributed by atoms with Gasteiger partial charge in [-0.3, -0.25) is 4.98 Å². The minimum Gasteiger partial charge on any atom is -0.457 e. The van der Waals surface area contributed by atoms with Gasteiger partial charge in [0.15, 0.2) is 0 Å². The number of para-hydroxylation sites is 1. The first-order valence-electron chi connectivity index (χ1n) is 5.59. The molecule has 0 aliphatic carbocycles. The zero-order chi connectivity index (χ0) is 12.1. The van der Waals surface area contributed by atoms with Crippen LogP contribution in [0.1, 0.15) is 18.1 Å². The van der Waals surface area contributed by atoms with Crippen LogP contribution < -0.4 is 4.74 Å². The Morgan fingerprint density at radius 2 is 1.88 bits per heavy atom. The molecular formula is C14H14ClNO. The molecule has 0 saturated carbocycles. The van der Waals surface area contributed by atoms with E-state index in [1.165, 1.54) is 5.56 Å². The van der Waals surface area contributed by atoms with Gasteiger partial charge in [-0.1, -0.05) is 25.1 Å². The van der Waals surface area contributed by atoms with Crippen LogP contribution in [0.15, 0.2) is 42.7 Å². The summed E-state index contributed by atoms with van der Waals surface area (Å²) in [7, 11) is 0. The largest absolute Gasteiger partial charge is 0.457 e. The van der Waals surface area contributed by atoms with Crippen molar-refractivity contribution < 1.29 is 4.74 Å². The number of hydrogen-bond donors (Lipinski definition) is 0. The first kappa shape index (κ1) is 11.9. The van der Waals surface area contributed by atoms with E-state index in [0.717, 1.165) is 23.5 Å². The fraction of sp³-hybridized carbons (Fsp3) is 0.214. The van der Waals surface area contributed by atoms with Crippen LogP contribution in [0.3, 0.4) is 0 Å². The molecule has 0 radical (unpaired) electrons. The minimum absolute atomic E-state index is 0.400. The van der Waals surface area contributed by atoms with E-state index in [-0.39, 0.29) is 0 Å². The number of hydrogen-bond acceptors (Lipinski definition) is 2. The lowest BCUT2D eigenvalue weighted by molar-refractivity contribution is 0.472. The molecular weight excluding hydrogens is 234 g/mol. The average molecular weight is 248 g/mol. The van der Waals surface area contributed by atoms with Crippen molar-refractivity contribution in [3.05, 3.63) is 53.9 Å². The summed E-state index contributed by atoms with van der Waals surface area (Å²) in [6.07, 6.45) is 4.38. The number of rotatable bonds is 4. The van der Waals surface area contributed by atoms with Crippen LogP contribution in [-0.2, 0) is 12.3 Å². The van der Waals surface area contributed by atoms with Gasteiger partial charge in [-0.05, 0) is 24.1 Å². The lowest BCUT2D eigenvalue weighted by Gasteiger charge is -2.11. The number of ether oxygens (including phenoxy) is 1. The molecule has 0 spiro atoms. The maximum Gasteiger partial charge on any atom is 0.134 e. The Morgan fingerprint density at radius 1 is 1.12 bits per heavy atom. The van der Waals surface area contributed by atoms with E-state index >= 15 is 0 Å². The molecule has 0 unspecified atom stereocenters. The Labute approximate surface area is 106 Å². The van der Waals surface area contributed by atoms with Crippen molar-refractivity contribution in [1.29, 1.82) is 0 Å². The van der Waals surface area contributed by atoms with Crippen molar-refractivity contribution in [2.24, 2.45) is 0 Å². The Hall–Kier alpha value is -1.54. The lowest BCUT2D eigenvalue weighted by Crippen LogP contribution is -1.93. The second-order valence-corrected chi connectivity index (χ2v) is 3.95. The number of halogens is 1. The molecule has 0 amide bonds. The highest BCUT2D eigenvalue weighted by Gasteiger charge is 2.06. The first-order valence-corrected chi connectivity index (χ1v) is 6.13. The van der Waals surface area contributed by atoms with E-state index in [1.54, 1.807) is 12.4 Å². The van der Waals surface area contributed by atoms with Crippen LogP contribution in [0, 0.1) is 0 Å². The molecule has 2 nitrogen and oxygen atoms in total. The van der Waals surface area contributed by atoms with Gasteiger partial charge in [0.05, 0.1) is 5.88 Å². The van der Waals surface area contributed by atoms with Crippen LogP contribution in [-0.4, -0.2) is 4.98 Å². The quantitative estimate of drug-likeness (QED) is 0.757. The summed E-state index contributed by atoms with van der Waals surface area (Å²) in [5.41, 5.74) is 2.09. The SMILES string of the molecule is CCc1ccccc1Oc1ccncc1CCl. The first-order chi connectivity index (χ1) is 8.35. The van der Waals surface area contributed by atoms with E-state index in [0.29, 0.717) is 5.88 Å². The lowest BCUT2D eigenvalue weighted by atomic mass is 10.1. The summed E-state index contributed by atoms with van der Waals surface area (Å²) in [6, 6.07) is 9.86. The topological polar surface area (TPSA) is 22.1 Å². The van der Waals surface area contributed by atoms with Gasteiger partial charge in [-0.15, -0.1) is 11.6 Å². The van der Waals surface area contributed by atoms with Crippen LogP contribution in [0.25, 0.3) is 0 Å². The molecule has 1 aromatic carbocycles. The fourth-order valence-electron chi connectivity index (χ4n) is 1.63. The van der Waals surface area contributed by atoms with E-state index in [9.17, 15) is 0 Å². The van der Waals surface area contributed by atoms with Crippen LogP contribution in [0.5, 0.6) is 11.5 Å². The second-order valence-electron chi connectivity index (χ2n) is 3.68. The summed E-state index contributed by atoms with van der Waals surface area (Å²) in [4.78, 5) is 4.04. The van der Waals surface area contributed by atoms with Crippen molar-refractivity contribution in [1.82, 2.24) is 4.98 Å². The molecule has 0 atom stereocenters. The Bertz CT molecular complexity index is 454. The molecule has 88 valence electrons. The molecule has 2 rings (SSSR count). The molecule has 1 aromatic heterocycles. The highest BCUT2D eigenvalue weighted by atomic mass is 35.5. The highest BCUT2D eigenvalue weighted by molar-refractivity contribution is 6.17. The molecule has 1 heterocycles. The van der Waals surface area contributed by atoms with Crippen molar-refractivity contribution in [2.75, 3.05) is 0 Å². The van der Waals surface area contributed by atoms with Gasteiger partial charge in [-0.2, -0.15) is 0 Å². The standard InChI is InChI=1S/C14H14ClNO/c1-2-11-5-3-4-6-13(11)17-14-7-8-16-10-12(14)9-15/h3-8,10H,2,9H2,1H3. The van der Waals surface area contributed by atoms with Crippen molar-refractivity contribution in [2.45, 2.75) is 19.2 Å². The fourth-order valence-corrected chi connectivity index (χ4v) is 1.83. The van der Waals surface area contributed by atoms with Gasteiger partial charge in [0, 0.05) is 18.0 Å². The van der Waals surface area contributed by atoms with Gasteiger partial charge >= 0.3 is 0 Å². The van der Waals surface area contributed by atoms with E-state index in [4.69, 9.17) is 16.3 Å². The predicted molar refractivity (Wildman–Crippen MR) is 69.7 cm³/mol.